The maximum absolute atomic E-state index is 12.1. The monoisotopic (exact) mass is 370 g/mol. The Morgan fingerprint density at radius 2 is 2.35 bits per heavy atom. The average molecular weight is 370 g/mol. The lowest BCUT2D eigenvalue weighted by atomic mass is 10.1. The second-order valence-electron chi connectivity index (χ2n) is 5.99. The Balaban J connectivity index is 1.37. The molecule has 4 rings (SSSR count). The number of nitrogens with zero attached hydrogens (tertiary/aromatic N) is 6. The molecule has 3 aromatic rings. The molecule has 3 aromatic heterocycles. The van der Waals surface area contributed by atoms with E-state index in [0.29, 0.717) is 10.7 Å². The molecule has 0 aromatic carbocycles. The minimum atomic E-state index is -0.252. The molecule has 1 aliphatic rings. The molecule has 0 saturated carbocycles. The first-order valence-electron chi connectivity index (χ1n) is 8.44. The summed E-state index contributed by atoms with van der Waals surface area (Å²) < 4.78 is 1.98. The fraction of sp³-hybridized carbons (Fsp3) is 0.375. The normalized spacial score (nSPS) is 16.1. The van der Waals surface area contributed by atoms with E-state index in [2.05, 4.69) is 42.8 Å². The Morgan fingerprint density at radius 3 is 3.08 bits per heavy atom. The van der Waals surface area contributed by atoms with Gasteiger partial charge in [-0.25, -0.2) is 14.6 Å². The molecule has 4 heterocycles. The summed E-state index contributed by atoms with van der Waals surface area (Å²) in [6.07, 6.45) is 4.27. The summed E-state index contributed by atoms with van der Waals surface area (Å²) in [5.74, 6) is 2.43. The number of aromatic nitrogens is 6. The maximum atomic E-state index is 12.1. The maximum Gasteiger partial charge on any atom is 0.259 e. The van der Waals surface area contributed by atoms with E-state index in [1.807, 2.05) is 10.7 Å². The Kier molecular flexibility index (Phi) is 4.57. The second-order valence-corrected chi connectivity index (χ2v) is 6.82. The molecule has 9 nitrogen and oxygen atoms in total. The van der Waals surface area contributed by atoms with Crippen LogP contribution < -0.4 is 10.6 Å². The van der Waals surface area contributed by atoms with Crippen molar-refractivity contribution in [2.24, 2.45) is 0 Å². The average Bonchev–Trinajstić information content (AvgIpc) is 3.31. The molecule has 10 heteroatoms. The van der Waals surface area contributed by atoms with Gasteiger partial charge < -0.3 is 5.32 Å². The fourth-order valence-electron chi connectivity index (χ4n) is 2.85. The van der Waals surface area contributed by atoms with Crippen molar-refractivity contribution in [1.29, 1.82) is 0 Å². The minimum absolute atomic E-state index is 0.238. The Morgan fingerprint density at radius 1 is 1.42 bits per heavy atom. The Bertz CT molecular complexity index is 890. The SMILES string of the molecule is CCc1nc2n(n1)CC(Nc1ccc(C(=O)Nc3nncs3)cn1)CC2. The van der Waals surface area contributed by atoms with Crippen LogP contribution in [0.5, 0.6) is 0 Å². The molecule has 0 bridgehead atoms. The standard InChI is InChI=1S/C16H18N8OS/c1-2-12-20-14-6-4-11(8-24(14)23-12)19-13-5-3-10(7-17-13)15(25)21-16-22-18-9-26-16/h3,5,7,9,11H,2,4,6,8H2,1H3,(H,17,19)(H,21,22,25). The van der Waals surface area contributed by atoms with Gasteiger partial charge in [-0.2, -0.15) is 5.10 Å². The first kappa shape index (κ1) is 16.6. The lowest BCUT2D eigenvalue weighted by molar-refractivity contribution is 0.102. The summed E-state index contributed by atoms with van der Waals surface area (Å²) in [5, 5.41) is 18.6. The van der Waals surface area contributed by atoms with Gasteiger partial charge in [-0.05, 0) is 18.6 Å². The Hall–Kier alpha value is -2.88. The van der Waals surface area contributed by atoms with Gasteiger partial charge >= 0.3 is 0 Å². The first-order chi connectivity index (χ1) is 12.7. The highest BCUT2D eigenvalue weighted by Gasteiger charge is 2.21. The number of carbonyl (C=O) groups excluding carboxylic acids is 1. The van der Waals surface area contributed by atoms with Gasteiger partial charge in [0.25, 0.3) is 5.91 Å². The van der Waals surface area contributed by atoms with Gasteiger partial charge in [0.2, 0.25) is 5.13 Å². The van der Waals surface area contributed by atoms with Crippen molar-refractivity contribution in [3.05, 3.63) is 41.1 Å². The zero-order valence-electron chi connectivity index (χ0n) is 14.2. The molecule has 2 N–H and O–H groups in total. The van der Waals surface area contributed by atoms with Gasteiger partial charge in [0.1, 0.15) is 17.2 Å². The highest BCUT2D eigenvalue weighted by molar-refractivity contribution is 7.13. The van der Waals surface area contributed by atoms with E-state index < -0.39 is 0 Å². The number of pyridine rings is 1. The van der Waals surface area contributed by atoms with Gasteiger partial charge in [0, 0.05) is 25.1 Å². The summed E-state index contributed by atoms with van der Waals surface area (Å²) in [5.41, 5.74) is 2.04. The number of nitrogens with one attached hydrogen (secondary N) is 2. The number of anilines is 2. The van der Waals surface area contributed by atoms with Crippen molar-refractivity contribution in [3.63, 3.8) is 0 Å². The molecular formula is C16H18N8OS. The zero-order chi connectivity index (χ0) is 17.9. The lowest BCUT2D eigenvalue weighted by Crippen LogP contribution is -2.32. The van der Waals surface area contributed by atoms with Crippen LogP contribution in [0.15, 0.2) is 23.8 Å². The first-order valence-corrected chi connectivity index (χ1v) is 9.32. The van der Waals surface area contributed by atoms with Gasteiger partial charge in [-0.15, -0.1) is 10.2 Å². The van der Waals surface area contributed by atoms with E-state index in [9.17, 15) is 4.79 Å². The minimum Gasteiger partial charge on any atom is -0.365 e. The summed E-state index contributed by atoms with van der Waals surface area (Å²) in [6.45, 7) is 2.83. The van der Waals surface area contributed by atoms with E-state index >= 15 is 0 Å². The van der Waals surface area contributed by atoms with Crippen molar-refractivity contribution in [2.75, 3.05) is 10.6 Å². The number of hydrogen-bond acceptors (Lipinski definition) is 8. The zero-order valence-corrected chi connectivity index (χ0v) is 15.0. The van der Waals surface area contributed by atoms with Crippen molar-refractivity contribution in [2.45, 2.75) is 38.8 Å². The third-order valence-corrected chi connectivity index (χ3v) is 4.78. The van der Waals surface area contributed by atoms with Gasteiger partial charge in [-0.1, -0.05) is 18.3 Å². The van der Waals surface area contributed by atoms with Crippen LogP contribution in [0, 0.1) is 0 Å². The molecule has 26 heavy (non-hydrogen) atoms. The summed E-state index contributed by atoms with van der Waals surface area (Å²) in [4.78, 5) is 21.0. The van der Waals surface area contributed by atoms with Gasteiger partial charge in [0.15, 0.2) is 5.82 Å². The van der Waals surface area contributed by atoms with Crippen LogP contribution in [-0.2, 0) is 19.4 Å². The molecule has 0 saturated heterocycles. The van der Waals surface area contributed by atoms with Crippen molar-refractivity contribution in [3.8, 4) is 0 Å². The number of amides is 1. The number of aryl methyl sites for hydroxylation is 2. The fourth-order valence-corrected chi connectivity index (χ4v) is 3.29. The van der Waals surface area contributed by atoms with Crippen LogP contribution in [0.4, 0.5) is 10.9 Å². The van der Waals surface area contributed by atoms with Crippen LogP contribution >= 0.6 is 11.3 Å². The molecule has 1 amide bonds. The van der Waals surface area contributed by atoms with Gasteiger partial charge in [0.05, 0.1) is 12.1 Å². The summed E-state index contributed by atoms with van der Waals surface area (Å²) in [6, 6.07) is 3.79. The van der Waals surface area contributed by atoms with Crippen molar-refractivity contribution < 1.29 is 4.79 Å². The lowest BCUT2D eigenvalue weighted by Gasteiger charge is -2.24. The van der Waals surface area contributed by atoms with E-state index in [1.54, 1.807) is 17.8 Å². The molecule has 1 atom stereocenters. The number of rotatable bonds is 5. The van der Waals surface area contributed by atoms with Crippen molar-refractivity contribution >= 4 is 28.2 Å². The van der Waals surface area contributed by atoms with E-state index in [4.69, 9.17) is 0 Å². The summed E-state index contributed by atoms with van der Waals surface area (Å²) in [7, 11) is 0. The third kappa shape index (κ3) is 3.54. The summed E-state index contributed by atoms with van der Waals surface area (Å²) >= 11 is 1.27. The van der Waals surface area contributed by atoms with Crippen LogP contribution in [0.25, 0.3) is 0 Å². The van der Waals surface area contributed by atoms with Crippen molar-refractivity contribution in [1.82, 2.24) is 29.9 Å². The highest BCUT2D eigenvalue weighted by atomic mass is 32.1. The van der Waals surface area contributed by atoms with Crippen LogP contribution in [0.3, 0.4) is 0 Å². The molecule has 0 aliphatic carbocycles. The number of carbonyl (C=O) groups is 1. The molecule has 0 spiro atoms. The largest absolute Gasteiger partial charge is 0.365 e. The van der Waals surface area contributed by atoms with E-state index in [-0.39, 0.29) is 11.9 Å². The molecule has 1 aliphatic heterocycles. The molecule has 1 unspecified atom stereocenters. The van der Waals surface area contributed by atoms with E-state index in [1.165, 1.54) is 11.3 Å². The quantitative estimate of drug-likeness (QED) is 0.704. The number of hydrogen-bond donors (Lipinski definition) is 2. The molecule has 0 fully saturated rings. The van der Waals surface area contributed by atoms with Crippen LogP contribution in [0.2, 0.25) is 0 Å². The second kappa shape index (κ2) is 7.16. The topological polar surface area (TPSA) is 111 Å². The molecule has 0 radical (unpaired) electrons. The Labute approximate surface area is 153 Å². The third-order valence-electron chi connectivity index (χ3n) is 4.18. The number of fused-ring (bicyclic) bond motifs is 1. The molecular weight excluding hydrogens is 352 g/mol. The predicted molar refractivity (Wildman–Crippen MR) is 97.2 cm³/mol. The van der Waals surface area contributed by atoms with Crippen LogP contribution in [-0.4, -0.2) is 41.9 Å². The predicted octanol–water partition coefficient (Wildman–Crippen LogP) is 1.77. The van der Waals surface area contributed by atoms with Gasteiger partial charge in [-0.3, -0.25) is 10.1 Å². The molecule has 134 valence electrons. The van der Waals surface area contributed by atoms with E-state index in [0.717, 1.165) is 43.3 Å². The highest BCUT2D eigenvalue weighted by Crippen LogP contribution is 2.17. The van der Waals surface area contributed by atoms with Crippen LogP contribution in [0.1, 0.15) is 35.4 Å². The smallest absolute Gasteiger partial charge is 0.259 e.